The molecule has 0 aromatic heterocycles. The van der Waals surface area contributed by atoms with Crippen molar-refractivity contribution >= 4 is 23.2 Å². The lowest BCUT2D eigenvalue weighted by Gasteiger charge is -2.24. The van der Waals surface area contributed by atoms with Gasteiger partial charge in [0, 0.05) is 17.3 Å². The number of amides is 1. The van der Waals surface area contributed by atoms with Gasteiger partial charge in [0.1, 0.15) is 5.75 Å². The molecule has 0 spiro atoms. The average Bonchev–Trinajstić information content (AvgIpc) is 2.56. The van der Waals surface area contributed by atoms with Crippen molar-refractivity contribution in [2.24, 2.45) is 0 Å². The molecule has 2 aromatic carbocycles. The van der Waals surface area contributed by atoms with Gasteiger partial charge < -0.3 is 10.1 Å². The topological polar surface area (TPSA) is 41.6 Å². The number of nitrogens with one attached hydrogen (secondary N) is 1. The number of benzene rings is 2. The number of carbonyl (C=O) groups is 1. The van der Waals surface area contributed by atoms with Gasteiger partial charge in [-0.3, -0.25) is 9.69 Å². The molecule has 0 unspecified atom stereocenters. The number of nitrogens with zero attached hydrogens (tertiary/aromatic N) is 1. The molecule has 0 aliphatic heterocycles. The Balaban J connectivity index is 1.93. The zero-order valence-corrected chi connectivity index (χ0v) is 15.0. The first-order valence-electron chi connectivity index (χ1n) is 7.98. The van der Waals surface area contributed by atoms with Crippen LogP contribution in [0.15, 0.2) is 48.5 Å². The second kappa shape index (κ2) is 8.71. The maximum absolute atomic E-state index is 12.4. The smallest absolute Gasteiger partial charge is 0.241 e. The first kappa shape index (κ1) is 18.3. The molecular formula is C19H23ClN2O2. The van der Waals surface area contributed by atoms with Crippen LogP contribution in [0.2, 0.25) is 5.02 Å². The van der Waals surface area contributed by atoms with Crippen LogP contribution in [-0.4, -0.2) is 30.5 Å². The molecule has 0 bridgehead atoms. The van der Waals surface area contributed by atoms with Gasteiger partial charge in [-0.15, -0.1) is 0 Å². The molecule has 0 saturated heterocycles. The first-order chi connectivity index (χ1) is 11.5. The van der Waals surface area contributed by atoms with Crippen molar-refractivity contribution in [1.29, 1.82) is 0 Å². The third-order valence-corrected chi connectivity index (χ3v) is 4.03. The molecule has 2 aromatic rings. The van der Waals surface area contributed by atoms with Gasteiger partial charge in [-0.25, -0.2) is 0 Å². The number of anilines is 1. The van der Waals surface area contributed by atoms with Crippen molar-refractivity contribution in [2.45, 2.75) is 26.4 Å². The number of rotatable bonds is 7. The van der Waals surface area contributed by atoms with Crippen LogP contribution in [-0.2, 0) is 11.3 Å². The summed E-state index contributed by atoms with van der Waals surface area (Å²) in [4.78, 5) is 14.4. The van der Waals surface area contributed by atoms with Gasteiger partial charge in [0.15, 0.2) is 0 Å². The maximum atomic E-state index is 12.4. The Bertz CT molecular complexity index is 673. The highest BCUT2D eigenvalue weighted by Gasteiger charge is 2.18. The van der Waals surface area contributed by atoms with Gasteiger partial charge in [0.2, 0.25) is 5.91 Å². The Labute approximate surface area is 148 Å². The minimum atomic E-state index is -0.268. The Morgan fingerprint density at radius 1 is 1.25 bits per heavy atom. The molecule has 0 aliphatic carbocycles. The van der Waals surface area contributed by atoms with E-state index in [2.05, 4.69) is 5.32 Å². The standard InChI is InChI=1S/C19H23ClN2O2/c1-4-24-18-10-8-15(9-11-18)13-22(3)14(2)19(23)21-17-7-5-6-16(20)12-17/h5-12,14H,4,13H2,1-3H3,(H,21,23)/t14-/m0/s1. The molecule has 24 heavy (non-hydrogen) atoms. The van der Waals surface area contributed by atoms with Crippen LogP contribution in [0.5, 0.6) is 5.75 Å². The summed E-state index contributed by atoms with van der Waals surface area (Å²) in [5.74, 6) is 0.793. The maximum Gasteiger partial charge on any atom is 0.241 e. The van der Waals surface area contributed by atoms with E-state index in [4.69, 9.17) is 16.3 Å². The van der Waals surface area contributed by atoms with Crippen molar-refractivity contribution < 1.29 is 9.53 Å². The van der Waals surface area contributed by atoms with Crippen molar-refractivity contribution in [3.63, 3.8) is 0 Å². The molecule has 4 nitrogen and oxygen atoms in total. The molecule has 1 N–H and O–H groups in total. The second-order valence-electron chi connectivity index (χ2n) is 5.67. The van der Waals surface area contributed by atoms with E-state index < -0.39 is 0 Å². The summed E-state index contributed by atoms with van der Waals surface area (Å²) in [7, 11) is 1.93. The van der Waals surface area contributed by atoms with E-state index in [1.807, 2.05) is 62.2 Å². The molecule has 1 atom stereocenters. The van der Waals surface area contributed by atoms with Crippen molar-refractivity contribution in [2.75, 3.05) is 19.0 Å². The Hall–Kier alpha value is -2.04. The van der Waals surface area contributed by atoms with Gasteiger partial charge in [0.25, 0.3) is 0 Å². The quantitative estimate of drug-likeness (QED) is 0.817. The van der Waals surface area contributed by atoms with Crippen LogP contribution in [0, 0.1) is 0 Å². The van der Waals surface area contributed by atoms with Gasteiger partial charge in [-0.05, 0) is 56.8 Å². The van der Waals surface area contributed by atoms with Crippen LogP contribution in [0.25, 0.3) is 0 Å². The van der Waals surface area contributed by atoms with Gasteiger partial charge in [-0.2, -0.15) is 0 Å². The van der Waals surface area contributed by atoms with Crippen LogP contribution in [0.4, 0.5) is 5.69 Å². The zero-order chi connectivity index (χ0) is 17.5. The van der Waals surface area contributed by atoms with E-state index in [1.54, 1.807) is 12.1 Å². The largest absolute Gasteiger partial charge is 0.494 e. The summed E-state index contributed by atoms with van der Waals surface area (Å²) >= 11 is 5.94. The number of hydrogen-bond acceptors (Lipinski definition) is 3. The minimum absolute atomic E-state index is 0.0642. The Morgan fingerprint density at radius 2 is 1.96 bits per heavy atom. The third kappa shape index (κ3) is 5.25. The summed E-state index contributed by atoms with van der Waals surface area (Å²) in [6, 6.07) is 14.8. The molecule has 1 amide bonds. The number of likely N-dealkylation sites (N-methyl/N-ethyl adjacent to an activating group) is 1. The molecule has 128 valence electrons. The lowest BCUT2D eigenvalue weighted by Crippen LogP contribution is -2.39. The van der Waals surface area contributed by atoms with Gasteiger partial charge in [0.05, 0.1) is 12.6 Å². The Morgan fingerprint density at radius 3 is 2.58 bits per heavy atom. The number of halogens is 1. The van der Waals surface area contributed by atoms with Crippen LogP contribution in [0.3, 0.4) is 0 Å². The number of carbonyl (C=O) groups excluding carboxylic acids is 1. The predicted octanol–water partition coefficient (Wildman–Crippen LogP) is 4.20. The highest BCUT2D eigenvalue weighted by atomic mass is 35.5. The summed E-state index contributed by atoms with van der Waals surface area (Å²) in [5, 5.41) is 3.49. The Kier molecular flexibility index (Phi) is 6.64. The summed E-state index contributed by atoms with van der Waals surface area (Å²) < 4.78 is 5.44. The molecule has 0 saturated carbocycles. The molecule has 5 heteroatoms. The summed E-state index contributed by atoms with van der Waals surface area (Å²) in [6.45, 7) is 5.17. The molecule has 0 radical (unpaired) electrons. The van der Waals surface area contributed by atoms with E-state index >= 15 is 0 Å². The first-order valence-corrected chi connectivity index (χ1v) is 8.35. The van der Waals surface area contributed by atoms with E-state index in [1.165, 1.54) is 0 Å². The molecule has 2 rings (SSSR count). The zero-order valence-electron chi connectivity index (χ0n) is 14.3. The molecule has 0 aliphatic rings. The van der Waals surface area contributed by atoms with Gasteiger partial charge >= 0.3 is 0 Å². The van der Waals surface area contributed by atoms with Crippen molar-refractivity contribution in [3.8, 4) is 5.75 Å². The molecular weight excluding hydrogens is 324 g/mol. The number of ether oxygens (including phenoxy) is 1. The molecule has 0 heterocycles. The van der Waals surface area contributed by atoms with E-state index in [0.717, 1.165) is 11.3 Å². The monoisotopic (exact) mass is 346 g/mol. The van der Waals surface area contributed by atoms with Crippen molar-refractivity contribution in [1.82, 2.24) is 4.90 Å². The van der Waals surface area contributed by atoms with Gasteiger partial charge in [-0.1, -0.05) is 29.8 Å². The fourth-order valence-corrected chi connectivity index (χ4v) is 2.49. The van der Waals surface area contributed by atoms with E-state index in [9.17, 15) is 4.79 Å². The van der Waals surface area contributed by atoms with Crippen LogP contribution in [0.1, 0.15) is 19.4 Å². The number of hydrogen-bond donors (Lipinski definition) is 1. The lowest BCUT2D eigenvalue weighted by atomic mass is 10.1. The van der Waals surface area contributed by atoms with Crippen molar-refractivity contribution in [3.05, 3.63) is 59.1 Å². The fourth-order valence-electron chi connectivity index (χ4n) is 2.30. The summed E-state index contributed by atoms with van der Waals surface area (Å²) in [5.41, 5.74) is 1.83. The second-order valence-corrected chi connectivity index (χ2v) is 6.10. The highest BCUT2D eigenvalue weighted by Crippen LogP contribution is 2.17. The van der Waals surface area contributed by atoms with Crippen LogP contribution >= 0.6 is 11.6 Å². The van der Waals surface area contributed by atoms with Crippen LogP contribution < -0.4 is 10.1 Å². The predicted molar refractivity (Wildman–Crippen MR) is 98.6 cm³/mol. The fraction of sp³-hybridized carbons (Fsp3) is 0.316. The van der Waals surface area contributed by atoms with E-state index in [-0.39, 0.29) is 11.9 Å². The normalized spacial score (nSPS) is 12.0. The third-order valence-electron chi connectivity index (χ3n) is 3.80. The summed E-state index contributed by atoms with van der Waals surface area (Å²) in [6.07, 6.45) is 0. The van der Waals surface area contributed by atoms with E-state index in [0.29, 0.717) is 23.9 Å². The minimum Gasteiger partial charge on any atom is -0.494 e. The average molecular weight is 347 g/mol. The SMILES string of the molecule is CCOc1ccc(CN(C)[C@@H](C)C(=O)Nc2cccc(Cl)c2)cc1. The highest BCUT2D eigenvalue weighted by molar-refractivity contribution is 6.30. The lowest BCUT2D eigenvalue weighted by molar-refractivity contribution is -0.120. The molecule has 0 fully saturated rings.